The highest BCUT2D eigenvalue weighted by Crippen LogP contribution is 2.47. The summed E-state index contributed by atoms with van der Waals surface area (Å²) in [4.78, 5) is 4.49. The van der Waals surface area contributed by atoms with Crippen LogP contribution in [0.2, 0.25) is 0 Å². The van der Waals surface area contributed by atoms with Crippen LogP contribution in [-0.4, -0.2) is 58.2 Å². The third kappa shape index (κ3) is 6.15. The molecule has 2 N–H and O–H groups in total. The van der Waals surface area contributed by atoms with Gasteiger partial charge in [0.25, 0.3) is 0 Å². The van der Waals surface area contributed by atoms with Gasteiger partial charge in [0.1, 0.15) is 23.7 Å². The Bertz CT molecular complexity index is 2060. The van der Waals surface area contributed by atoms with Crippen LogP contribution in [0.15, 0.2) is 67.0 Å². The Balaban J connectivity index is 1.73. The van der Waals surface area contributed by atoms with Gasteiger partial charge in [-0.25, -0.2) is 21.2 Å². The molecule has 0 saturated heterocycles. The molecule has 0 aliphatic rings. The summed E-state index contributed by atoms with van der Waals surface area (Å²) < 4.78 is 79.8. The number of hydrogen-bond acceptors (Lipinski definition) is 8. The van der Waals surface area contributed by atoms with Gasteiger partial charge >= 0.3 is 0 Å². The number of hydrogen-bond donors (Lipinski definition) is 2. The molecule has 0 aliphatic heterocycles. The van der Waals surface area contributed by atoms with E-state index in [-0.39, 0.29) is 41.5 Å². The highest BCUT2D eigenvalue weighted by molar-refractivity contribution is 7.92. The van der Waals surface area contributed by atoms with Gasteiger partial charge in [-0.1, -0.05) is 18.2 Å². The number of halogens is 1. The lowest BCUT2D eigenvalue weighted by Crippen LogP contribution is -2.25. The lowest BCUT2D eigenvalue weighted by Gasteiger charge is -2.21. The van der Waals surface area contributed by atoms with Crippen LogP contribution in [0.3, 0.4) is 0 Å². The van der Waals surface area contributed by atoms with Gasteiger partial charge in [0.2, 0.25) is 25.9 Å². The van der Waals surface area contributed by atoms with Crippen molar-refractivity contribution < 1.29 is 35.8 Å². The van der Waals surface area contributed by atoms with Gasteiger partial charge in [-0.15, -0.1) is 0 Å². The average molecular weight is 629 g/mol. The minimum atomic E-state index is -3.76. The molecule has 14 heteroatoms. The van der Waals surface area contributed by atoms with E-state index in [9.17, 15) is 26.3 Å². The number of pyridine rings is 1. The van der Waals surface area contributed by atoms with E-state index < -0.39 is 25.9 Å². The first-order valence-electron chi connectivity index (χ1n) is 12.8. The van der Waals surface area contributed by atoms with Gasteiger partial charge in [0, 0.05) is 30.2 Å². The highest BCUT2D eigenvalue weighted by atomic mass is 32.2. The van der Waals surface area contributed by atoms with Crippen LogP contribution in [0.5, 0.6) is 17.4 Å². The van der Waals surface area contributed by atoms with Crippen molar-refractivity contribution in [1.29, 1.82) is 0 Å². The van der Waals surface area contributed by atoms with Gasteiger partial charge in [-0.3, -0.25) is 14.0 Å². The van der Waals surface area contributed by atoms with E-state index in [1.54, 1.807) is 37.6 Å². The van der Waals surface area contributed by atoms with Gasteiger partial charge in [0.15, 0.2) is 5.75 Å². The molecule has 0 spiro atoms. The molecule has 0 radical (unpaired) electrons. The normalized spacial score (nSPS) is 12.0. The van der Waals surface area contributed by atoms with E-state index in [1.807, 2.05) is 12.1 Å². The van der Waals surface area contributed by atoms with Crippen LogP contribution in [0.25, 0.3) is 21.7 Å². The van der Waals surface area contributed by atoms with E-state index in [4.69, 9.17) is 9.47 Å². The zero-order valence-corrected chi connectivity index (χ0v) is 25.3. The molecular weight excluding hydrogens is 599 g/mol. The number of methoxy groups -OCH3 is 1. The third-order valence-corrected chi connectivity index (χ3v) is 8.64. The lowest BCUT2D eigenvalue weighted by molar-refractivity contribution is 0.311. The summed E-state index contributed by atoms with van der Waals surface area (Å²) in [6, 6.07) is 14.2. The average Bonchev–Trinajstić information content (AvgIpc) is 3.26. The summed E-state index contributed by atoms with van der Waals surface area (Å²) in [7, 11) is -4.55. The van der Waals surface area contributed by atoms with Gasteiger partial charge in [0.05, 0.1) is 42.9 Å². The monoisotopic (exact) mass is 628 g/mol. The summed E-state index contributed by atoms with van der Waals surface area (Å²) >= 11 is 0. The number of fused-ring (bicyclic) bond motifs is 2. The zero-order chi connectivity index (χ0) is 31.1. The van der Waals surface area contributed by atoms with Gasteiger partial charge in [-0.05, 0) is 47.5 Å². The first-order valence-corrected chi connectivity index (χ1v) is 16.6. The summed E-state index contributed by atoms with van der Waals surface area (Å²) in [5, 5.41) is 12.6. The predicted molar refractivity (Wildman–Crippen MR) is 163 cm³/mol. The molecule has 0 saturated carbocycles. The molecule has 2 aromatic heterocycles. The number of nitrogens with one attached hydrogen (secondary N) is 1. The summed E-state index contributed by atoms with van der Waals surface area (Å²) in [6.45, 7) is -0.000585. The Morgan fingerprint density at radius 1 is 1.05 bits per heavy atom. The molecular formula is C29H29FN4O7S2. The second-order valence-corrected chi connectivity index (χ2v) is 13.8. The minimum Gasteiger partial charge on any atom is -0.497 e. The molecule has 0 atom stereocenters. The highest BCUT2D eigenvalue weighted by Gasteiger charge is 2.27. The van der Waals surface area contributed by atoms with E-state index >= 15 is 0 Å². The van der Waals surface area contributed by atoms with Crippen molar-refractivity contribution in [2.24, 2.45) is 0 Å². The standard InChI is InChI=1S/C29H29FN4O7S2/c1-33(43(4,38)39)27-22-6-5-13-31-26(22)28(41-17-18-7-11-21(40-2)12-8-18)25-23(27)16-34(29(25)35)15-19-9-10-20(30)14-24(19)32-42(3,36)37/h5-14,16,32,35H,15,17H2,1-4H3. The largest absolute Gasteiger partial charge is 0.497 e. The van der Waals surface area contributed by atoms with E-state index in [1.165, 1.54) is 29.9 Å². The van der Waals surface area contributed by atoms with E-state index in [0.717, 1.165) is 28.4 Å². The summed E-state index contributed by atoms with van der Waals surface area (Å²) in [5.41, 5.74) is 1.74. The number of aromatic hydroxyl groups is 1. The molecule has 0 bridgehead atoms. The first-order chi connectivity index (χ1) is 20.3. The van der Waals surface area contributed by atoms with Gasteiger partial charge < -0.3 is 19.1 Å². The Labute approximate surface area is 248 Å². The van der Waals surface area contributed by atoms with Crippen LogP contribution < -0.4 is 18.5 Å². The van der Waals surface area contributed by atoms with Crippen LogP contribution in [0, 0.1) is 5.82 Å². The lowest BCUT2D eigenvalue weighted by atomic mass is 10.1. The molecule has 5 aromatic rings. The third-order valence-electron chi connectivity index (χ3n) is 6.87. The van der Waals surface area contributed by atoms with Crippen molar-refractivity contribution in [3.8, 4) is 17.4 Å². The number of ether oxygens (including phenoxy) is 2. The van der Waals surface area contributed by atoms with Crippen molar-refractivity contribution >= 4 is 53.1 Å². The summed E-state index contributed by atoms with van der Waals surface area (Å²) in [5.74, 6) is -0.0472. The Morgan fingerprint density at radius 3 is 2.42 bits per heavy atom. The minimum absolute atomic E-state index is 0.00376. The number of nitrogens with zero attached hydrogens (tertiary/aromatic N) is 3. The SMILES string of the molecule is COc1ccc(COc2c3ncccc3c(N(C)S(C)(=O)=O)c3cn(Cc4ccc(F)cc4NS(C)(=O)=O)c(O)c23)cc1. The number of anilines is 2. The Morgan fingerprint density at radius 2 is 1.77 bits per heavy atom. The molecule has 0 unspecified atom stereocenters. The second kappa shape index (κ2) is 11.3. The molecule has 3 aromatic carbocycles. The maximum atomic E-state index is 14.1. The Kier molecular flexibility index (Phi) is 7.84. The second-order valence-electron chi connectivity index (χ2n) is 9.99. The number of aromatic nitrogens is 2. The summed E-state index contributed by atoms with van der Waals surface area (Å²) in [6.07, 6.45) is 5.09. The van der Waals surface area contributed by atoms with Crippen molar-refractivity contribution in [3.05, 3.63) is 83.9 Å². The number of benzene rings is 3. The molecule has 0 aliphatic carbocycles. The number of sulfonamides is 2. The van der Waals surface area contributed by atoms with Crippen molar-refractivity contribution in [3.63, 3.8) is 0 Å². The molecule has 11 nitrogen and oxygen atoms in total. The first kappa shape index (κ1) is 29.9. The van der Waals surface area contributed by atoms with Crippen LogP contribution >= 0.6 is 0 Å². The fourth-order valence-corrected chi connectivity index (χ4v) is 5.92. The molecule has 0 fully saturated rings. The van der Waals surface area contributed by atoms with Crippen LogP contribution in [-0.2, 0) is 33.2 Å². The van der Waals surface area contributed by atoms with Crippen molar-refractivity contribution in [2.45, 2.75) is 13.2 Å². The van der Waals surface area contributed by atoms with Crippen LogP contribution in [0.1, 0.15) is 11.1 Å². The quantitative estimate of drug-likeness (QED) is 0.232. The maximum Gasteiger partial charge on any atom is 0.232 e. The van der Waals surface area contributed by atoms with E-state index in [0.29, 0.717) is 27.6 Å². The van der Waals surface area contributed by atoms with Gasteiger partial charge in [-0.2, -0.15) is 0 Å². The molecule has 0 amide bonds. The van der Waals surface area contributed by atoms with E-state index in [2.05, 4.69) is 9.71 Å². The number of rotatable bonds is 10. The molecule has 2 heterocycles. The zero-order valence-electron chi connectivity index (χ0n) is 23.7. The van der Waals surface area contributed by atoms with Crippen molar-refractivity contribution in [1.82, 2.24) is 9.55 Å². The Hall–Kier alpha value is -4.56. The van der Waals surface area contributed by atoms with Crippen LogP contribution in [0.4, 0.5) is 15.8 Å². The molecule has 43 heavy (non-hydrogen) atoms. The predicted octanol–water partition coefficient (Wildman–Crippen LogP) is 4.44. The topological polar surface area (TPSA) is 140 Å². The fourth-order valence-electron chi connectivity index (χ4n) is 4.80. The molecule has 226 valence electrons. The smallest absolute Gasteiger partial charge is 0.232 e. The molecule has 5 rings (SSSR count). The maximum absolute atomic E-state index is 14.1. The fraction of sp³-hybridized carbons (Fsp3) is 0.207. The van der Waals surface area contributed by atoms with Crippen molar-refractivity contribution in [2.75, 3.05) is 35.7 Å².